The summed E-state index contributed by atoms with van der Waals surface area (Å²) in [7, 11) is 0. The van der Waals surface area contributed by atoms with E-state index in [0.29, 0.717) is 11.3 Å². The average Bonchev–Trinajstić information content (AvgIpc) is 2.69. The normalized spacial score (nSPS) is 13.5. The third-order valence-corrected chi connectivity index (χ3v) is 2.56. The summed E-state index contributed by atoms with van der Waals surface area (Å²) in [5.41, 5.74) is 1.48. The van der Waals surface area contributed by atoms with Crippen molar-refractivity contribution in [3.05, 3.63) is 30.1 Å². The molecule has 1 amide bonds. The third kappa shape index (κ3) is 3.46. The minimum Gasteiger partial charge on any atom is -0.346 e. The van der Waals surface area contributed by atoms with Gasteiger partial charge in [-0.2, -0.15) is 13.2 Å². The number of fused-ring (bicyclic) bond motifs is 1. The van der Waals surface area contributed by atoms with E-state index in [1.165, 1.54) is 0 Å². The Labute approximate surface area is 107 Å². The van der Waals surface area contributed by atoms with Gasteiger partial charge in [0, 0.05) is 0 Å². The predicted octanol–water partition coefficient (Wildman–Crippen LogP) is 2.69. The number of imidazole rings is 1. The number of hydrogen-bond acceptors (Lipinski definition) is 2. The molecular weight excluding hydrogens is 259 g/mol. The second-order valence-electron chi connectivity index (χ2n) is 4.22. The van der Waals surface area contributed by atoms with Crippen LogP contribution in [0.5, 0.6) is 0 Å². The van der Waals surface area contributed by atoms with E-state index in [0.717, 1.165) is 5.52 Å². The van der Waals surface area contributed by atoms with Gasteiger partial charge < -0.3 is 10.3 Å². The fourth-order valence-electron chi connectivity index (χ4n) is 1.72. The van der Waals surface area contributed by atoms with Gasteiger partial charge in [0.05, 0.1) is 17.1 Å². The van der Waals surface area contributed by atoms with Crippen LogP contribution in [0.4, 0.5) is 13.2 Å². The molecule has 102 valence electrons. The summed E-state index contributed by atoms with van der Waals surface area (Å²) in [6.07, 6.45) is -5.99. The average molecular weight is 271 g/mol. The summed E-state index contributed by atoms with van der Waals surface area (Å²) < 4.78 is 36.1. The van der Waals surface area contributed by atoms with Crippen LogP contribution in [-0.4, -0.2) is 22.1 Å². The molecule has 0 aliphatic carbocycles. The van der Waals surface area contributed by atoms with E-state index < -0.39 is 24.5 Å². The molecule has 1 heterocycles. The van der Waals surface area contributed by atoms with E-state index in [9.17, 15) is 18.0 Å². The van der Waals surface area contributed by atoms with Gasteiger partial charge in [-0.05, 0) is 19.1 Å². The highest BCUT2D eigenvalue weighted by Gasteiger charge is 2.31. The molecule has 0 radical (unpaired) electrons. The molecule has 2 aromatic rings. The van der Waals surface area contributed by atoms with E-state index >= 15 is 0 Å². The lowest BCUT2D eigenvalue weighted by Gasteiger charge is -2.12. The lowest BCUT2D eigenvalue weighted by Crippen LogP contribution is -2.31. The fourth-order valence-corrected chi connectivity index (χ4v) is 1.72. The van der Waals surface area contributed by atoms with Crippen molar-refractivity contribution in [2.45, 2.75) is 25.6 Å². The van der Waals surface area contributed by atoms with Crippen LogP contribution in [-0.2, 0) is 4.79 Å². The van der Waals surface area contributed by atoms with Gasteiger partial charge in [-0.1, -0.05) is 12.1 Å². The van der Waals surface area contributed by atoms with Gasteiger partial charge >= 0.3 is 6.18 Å². The highest BCUT2D eigenvalue weighted by Crippen LogP contribution is 2.20. The number of alkyl halides is 3. The summed E-state index contributed by atoms with van der Waals surface area (Å²) in [4.78, 5) is 18.4. The molecule has 1 aromatic heterocycles. The molecule has 1 unspecified atom stereocenters. The molecule has 0 saturated carbocycles. The van der Waals surface area contributed by atoms with E-state index in [1.54, 1.807) is 25.1 Å². The summed E-state index contributed by atoms with van der Waals surface area (Å²) in [6, 6.07) is 6.59. The van der Waals surface area contributed by atoms with Gasteiger partial charge in [0.2, 0.25) is 5.91 Å². The maximum Gasteiger partial charge on any atom is 0.397 e. The van der Waals surface area contributed by atoms with Crippen LogP contribution in [0, 0.1) is 0 Å². The number of nitrogens with zero attached hydrogens (tertiary/aromatic N) is 1. The van der Waals surface area contributed by atoms with E-state index in [-0.39, 0.29) is 0 Å². The molecule has 1 atom stereocenters. The molecule has 0 aliphatic rings. The number of hydrogen-bond donors (Lipinski definition) is 2. The van der Waals surface area contributed by atoms with Crippen LogP contribution in [0.3, 0.4) is 0 Å². The number of benzene rings is 1. The van der Waals surface area contributed by atoms with E-state index in [2.05, 4.69) is 15.3 Å². The maximum absolute atomic E-state index is 12.0. The number of rotatable bonds is 3. The molecule has 1 aromatic carbocycles. The lowest BCUT2D eigenvalue weighted by atomic mass is 10.3. The monoisotopic (exact) mass is 271 g/mol. The van der Waals surface area contributed by atoms with Gasteiger partial charge in [0.25, 0.3) is 0 Å². The molecule has 2 rings (SSSR count). The van der Waals surface area contributed by atoms with Crippen molar-refractivity contribution in [3.8, 4) is 0 Å². The number of nitrogens with one attached hydrogen (secondary N) is 2. The highest BCUT2D eigenvalue weighted by atomic mass is 19.4. The Morgan fingerprint density at radius 1 is 1.42 bits per heavy atom. The summed E-state index contributed by atoms with van der Waals surface area (Å²) in [5, 5.41) is 2.26. The van der Waals surface area contributed by atoms with Gasteiger partial charge in [-0.3, -0.25) is 4.79 Å². The van der Waals surface area contributed by atoms with Crippen molar-refractivity contribution in [2.24, 2.45) is 0 Å². The molecule has 2 N–H and O–H groups in total. The summed E-state index contributed by atoms with van der Waals surface area (Å²) in [6.45, 7) is 1.58. The first-order valence-electron chi connectivity index (χ1n) is 5.66. The Bertz CT molecular complexity index is 558. The van der Waals surface area contributed by atoms with Crippen molar-refractivity contribution < 1.29 is 18.0 Å². The molecule has 0 saturated heterocycles. The minimum absolute atomic E-state index is 0.428. The van der Waals surface area contributed by atoms with E-state index in [1.807, 2.05) is 6.07 Å². The molecule has 0 aliphatic heterocycles. The predicted molar refractivity (Wildman–Crippen MR) is 63.3 cm³/mol. The van der Waals surface area contributed by atoms with Crippen LogP contribution in [0.1, 0.15) is 25.2 Å². The van der Waals surface area contributed by atoms with Crippen LogP contribution in [0.15, 0.2) is 24.3 Å². The Hall–Kier alpha value is -2.05. The van der Waals surface area contributed by atoms with Gasteiger partial charge in [-0.25, -0.2) is 4.98 Å². The first kappa shape index (κ1) is 13.4. The fraction of sp³-hybridized carbons (Fsp3) is 0.333. The zero-order valence-corrected chi connectivity index (χ0v) is 10.1. The van der Waals surface area contributed by atoms with E-state index in [4.69, 9.17) is 0 Å². The smallest absolute Gasteiger partial charge is 0.346 e. The zero-order valence-electron chi connectivity index (χ0n) is 10.1. The Morgan fingerprint density at radius 3 is 2.74 bits per heavy atom. The molecule has 19 heavy (non-hydrogen) atoms. The number of H-pyrrole nitrogens is 1. The molecule has 4 nitrogen and oxygen atoms in total. The molecule has 0 bridgehead atoms. The number of aromatic nitrogens is 2. The number of amides is 1. The highest BCUT2D eigenvalue weighted by molar-refractivity contribution is 5.78. The maximum atomic E-state index is 12.0. The Balaban J connectivity index is 2.07. The molecule has 0 spiro atoms. The first-order chi connectivity index (χ1) is 8.85. The van der Waals surface area contributed by atoms with Gasteiger partial charge in [0.1, 0.15) is 12.2 Å². The zero-order chi connectivity index (χ0) is 14.0. The second kappa shape index (κ2) is 4.91. The third-order valence-electron chi connectivity index (χ3n) is 2.56. The first-order valence-corrected chi connectivity index (χ1v) is 5.66. The molecular formula is C12H12F3N3O. The number of carbonyl (C=O) groups is 1. The molecule has 0 fully saturated rings. The number of halogens is 3. The number of carbonyl (C=O) groups excluding carboxylic acids is 1. The van der Waals surface area contributed by atoms with Crippen LogP contribution >= 0.6 is 0 Å². The van der Waals surface area contributed by atoms with Crippen molar-refractivity contribution >= 4 is 16.9 Å². The van der Waals surface area contributed by atoms with Gasteiger partial charge in [0.15, 0.2) is 0 Å². The Morgan fingerprint density at radius 2 is 2.11 bits per heavy atom. The number of aromatic amines is 1. The van der Waals surface area contributed by atoms with Crippen LogP contribution in [0.25, 0.3) is 11.0 Å². The standard InChI is InChI=1S/C12H12F3N3O/c1-7(16-10(19)6-12(13,14)15)11-17-8-4-2-3-5-9(8)18-11/h2-5,7H,6H2,1H3,(H,16,19)(H,17,18). The lowest BCUT2D eigenvalue weighted by molar-refractivity contribution is -0.154. The largest absolute Gasteiger partial charge is 0.397 e. The van der Waals surface area contributed by atoms with Crippen LogP contribution < -0.4 is 5.32 Å². The number of para-hydroxylation sites is 2. The minimum atomic E-state index is -4.50. The van der Waals surface area contributed by atoms with Gasteiger partial charge in [-0.15, -0.1) is 0 Å². The Kier molecular flexibility index (Phi) is 3.46. The second-order valence-corrected chi connectivity index (χ2v) is 4.22. The summed E-state index contributed by atoms with van der Waals surface area (Å²) >= 11 is 0. The quantitative estimate of drug-likeness (QED) is 0.901. The van der Waals surface area contributed by atoms with Crippen molar-refractivity contribution in [3.63, 3.8) is 0 Å². The van der Waals surface area contributed by atoms with Crippen LogP contribution in [0.2, 0.25) is 0 Å². The van der Waals surface area contributed by atoms with Crippen molar-refractivity contribution in [1.29, 1.82) is 0 Å². The summed E-state index contributed by atoms with van der Waals surface area (Å²) in [5.74, 6) is -0.641. The molecule has 7 heteroatoms. The van der Waals surface area contributed by atoms with Crippen molar-refractivity contribution in [2.75, 3.05) is 0 Å². The van der Waals surface area contributed by atoms with Crippen molar-refractivity contribution in [1.82, 2.24) is 15.3 Å². The SMILES string of the molecule is CC(NC(=O)CC(F)(F)F)c1nc2ccccc2[nH]1. The topological polar surface area (TPSA) is 57.8 Å².